The first-order chi connectivity index (χ1) is 8.95. The molecule has 0 saturated carbocycles. The molecule has 0 bridgehead atoms. The second-order valence-electron chi connectivity index (χ2n) is 4.76. The Kier molecular flexibility index (Phi) is 4.25. The summed E-state index contributed by atoms with van der Waals surface area (Å²) in [6, 6.07) is 6.45. The summed E-state index contributed by atoms with van der Waals surface area (Å²) in [5.74, 6) is 0. The summed E-state index contributed by atoms with van der Waals surface area (Å²) in [6.07, 6.45) is 0.00131. The predicted octanol–water partition coefficient (Wildman–Crippen LogP) is 1.15. The van der Waals surface area contributed by atoms with Gasteiger partial charge in [-0.05, 0) is 31.0 Å². The second kappa shape index (κ2) is 5.58. The van der Waals surface area contributed by atoms with Gasteiger partial charge in [0.25, 0.3) is 0 Å². The smallest absolute Gasteiger partial charge is 0.243 e. The third kappa shape index (κ3) is 2.97. The number of sulfonamides is 1. The number of aliphatic hydroxyl groups is 1. The van der Waals surface area contributed by atoms with Gasteiger partial charge in [0.05, 0.1) is 17.1 Å². The topological polar surface area (TPSA) is 66.8 Å². The normalized spacial score (nSPS) is 22.6. The van der Waals surface area contributed by atoms with Crippen LogP contribution in [-0.4, -0.2) is 44.1 Å². The average molecular weight is 285 g/mol. The monoisotopic (exact) mass is 285 g/mol. The maximum Gasteiger partial charge on any atom is 0.243 e. The molecular formula is C13H19NO4S. The Hall–Kier alpha value is -0.950. The number of aliphatic hydroxyl groups excluding tert-OH is 1. The average Bonchev–Trinajstić information content (AvgIpc) is 2.88. The summed E-state index contributed by atoms with van der Waals surface area (Å²) in [7, 11) is -1.90. The predicted molar refractivity (Wildman–Crippen MR) is 71.2 cm³/mol. The van der Waals surface area contributed by atoms with Gasteiger partial charge in [0.15, 0.2) is 0 Å². The van der Waals surface area contributed by atoms with Crippen LogP contribution in [0.2, 0.25) is 0 Å². The van der Waals surface area contributed by atoms with Crippen molar-refractivity contribution in [2.45, 2.75) is 30.4 Å². The Bertz CT molecular complexity index is 541. The van der Waals surface area contributed by atoms with Crippen molar-refractivity contribution in [1.82, 2.24) is 4.31 Å². The number of ether oxygens (including phenoxy) is 1. The number of benzene rings is 1. The molecule has 1 fully saturated rings. The van der Waals surface area contributed by atoms with Crippen LogP contribution in [0.15, 0.2) is 29.2 Å². The van der Waals surface area contributed by atoms with E-state index in [2.05, 4.69) is 0 Å². The van der Waals surface area contributed by atoms with E-state index >= 15 is 0 Å². The van der Waals surface area contributed by atoms with Gasteiger partial charge in [-0.2, -0.15) is 4.31 Å². The van der Waals surface area contributed by atoms with Crippen molar-refractivity contribution >= 4 is 10.0 Å². The molecule has 0 radical (unpaired) electrons. The van der Waals surface area contributed by atoms with Crippen molar-refractivity contribution in [1.29, 1.82) is 0 Å². The van der Waals surface area contributed by atoms with Gasteiger partial charge in [0.2, 0.25) is 10.0 Å². The van der Waals surface area contributed by atoms with E-state index in [1.807, 2.05) is 0 Å². The molecule has 6 heteroatoms. The molecule has 5 nitrogen and oxygen atoms in total. The van der Waals surface area contributed by atoms with Gasteiger partial charge >= 0.3 is 0 Å². The molecule has 1 saturated heterocycles. The first kappa shape index (κ1) is 14.5. The van der Waals surface area contributed by atoms with Crippen molar-refractivity contribution in [2.75, 3.05) is 20.2 Å². The van der Waals surface area contributed by atoms with Crippen molar-refractivity contribution in [2.24, 2.45) is 0 Å². The summed E-state index contributed by atoms with van der Waals surface area (Å²) in [4.78, 5) is 0.225. The highest BCUT2D eigenvalue weighted by Crippen LogP contribution is 2.24. The van der Waals surface area contributed by atoms with Crippen LogP contribution in [0.3, 0.4) is 0 Å². The molecule has 0 amide bonds. The molecule has 0 aliphatic carbocycles. The Morgan fingerprint density at radius 2 is 2.21 bits per heavy atom. The van der Waals surface area contributed by atoms with Crippen LogP contribution < -0.4 is 0 Å². The fraction of sp³-hybridized carbons (Fsp3) is 0.538. The van der Waals surface area contributed by atoms with Crippen molar-refractivity contribution < 1.29 is 18.3 Å². The molecule has 19 heavy (non-hydrogen) atoms. The van der Waals surface area contributed by atoms with E-state index in [1.54, 1.807) is 32.2 Å². The zero-order valence-electron chi connectivity index (χ0n) is 11.1. The molecule has 2 unspecified atom stereocenters. The van der Waals surface area contributed by atoms with Crippen molar-refractivity contribution in [3.63, 3.8) is 0 Å². The number of methoxy groups -OCH3 is 1. The first-order valence-electron chi connectivity index (χ1n) is 6.26. The fourth-order valence-corrected chi connectivity index (χ4v) is 3.73. The van der Waals surface area contributed by atoms with Crippen LogP contribution in [0.25, 0.3) is 0 Å². The van der Waals surface area contributed by atoms with Crippen LogP contribution in [0.1, 0.15) is 25.0 Å². The maximum atomic E-state index is 12.5. The first-order valence-corrected chi connectivity index (χ1v) is 7.70. The number of hydrogen-bond donors (Lipinski definition) is 1. The minimum atomic E-state index is -3.50. The minimum absolute atomic E-state index is 0.0327. The molecule has 0 spiro atoms. The van der Waals surface area contributed by atoms with Gasteiger partial charge < -0.3 is 9.84 Å². The molecule has 106 valence electrons. The minimum Gasteiger partial charge on any atom is -0.389 e. The Morgan fingerprint density at radius 3 is 2.79 bits per heavy atom. The van der Waals surface area contributed by atoms with Crippen LogP contribution in [0.5, 0.6) is 0 Å². The molecule has 1 heterocycles. The van der Waals surface area contributed by atoms with Crippen LogP contribution in [0.4, 0.5) is 0 Å². The Labute approximate surface area is 113 Å². The van der Waals surface area contributed by atoms with E-state index < -0.39 is 16.1 Å². The number of rotatable bonds is 4. The van der Waals surface area contributed by atoms with Crippen LogP contribution >= 0.6 is 0 Å². The van der Waals surface area contributed by atoms with Gasteiger partial charge in [-0.15, -0.1) is 0 Å². The molecular weight excluding hydrogens is 266 g/mol. The SMILES string of the molecule is COC1CCN(S(=O)(=O)c2cccc(C(C)O)c2)C1. The Morgan fingerprint density at radius 1 is 1.47 bits per heavy atom. The summed E-state index contributed by atoms with van der Waals surface area (Å²) in [6.45, 7) is 2.47. The summed E-state index contributed by atoms with van der Waals surface area (Å²) in [5.41, 5.74) is 0.601. The van der Waals surface area contributed by atoms with E-state index in [-0.39, 0.29) is 11.0 Å². The van der Waals surface area contributed by atoms with Gasteiger partial charge in [-0.3, -0.25) is 0 Å². The molecule has 2 rings (SSSR count). The van der Waals surface area contributed by atoms with E-state index in [0.29, 0.717) is 25.1 Å². The highest BCUT2D eigenvalue weighted by atomic mass is 32.2. The van der Waals surface area contributed by atoms with Gasteiger partial charge in [-0.1, -0.05) is 12.1 Å². The standard InChI is InChI=1S/C13H19NO4S/c1-10(15)11-4-3-5-13(8-11)19(16,17)14-7-6-12(9-14)18-2/h3-5,8,10,12,15H,6-7,9H2,1-2H3. The summed E-state index contributed by atoms with van der Waals surface area (Å²) in [5, 5.41) is 9.53. The zero-order chi connectivity index (χ0) is 14.0. The highest BCUT2D eigenvalue weighted by molar-refractivity contribution is 7.89. The molecule has 0 aromatic heterocycles. The summed E-state index contributed by atoms with van der Waals surface area (Å²) < 4.78 is 31.5. The quantitative estimate of drug-likeness (QED) is 0.901. The molecule has 1 aromatic rings. The lowest BCUT2D eigenvalue weighted by molar-refractivity contribution is 0.115. The molecule has 2 atom stereocenters. The van der Waals surface area contributed by atoms with Crippen molar-refractivity contribution in [3.8, 4) is 0 Å². The lowest BCUT2D eigenvalue weighted by Gasteiger charge is -2.17. The zero-order valence-corrected chi connectivity index (χ0v) is 11.9. The lowest BCUT2D eigenvalue weighted by Crippen LogP contribution is -2.30. The second-order valence-corrected chi connectivity index (χ2v) is 6.70. The van der Waals surface area contributed by atoms with Crippen molar-refractivity contribution in [3.05, 3.63) is 29.8 Å². The van der Waals surface area contributed by atoms with E-state index in [4.69, 9.17) is 4.74 Å². The van der Waals surface area contributed by atoms with Crippen LogP contribution in [0, 0.1) is 0 Å². The molecule has 1 aliphatic rings. The highest BCUT2D eigenvalue weighted by Gasteiger charge is 2.32. The van der Waals surface area contributed by atoms with Gasteiger partial charge in [0.1, 0.15) is 0 Å². The van der Waals surface area contributed by atoms with Gasteiger partial charge in [-0.25, -0.2) is 8.42 Å². The third-order valence-corrected chi connectivity index (χ3v) is 5.28. The van der Waals surface area contributed by atoms with E-state index in [1.165, 1.54) is 10.4 Å². The molecule has 1 N–H and O–H groups in total. The third-order valence-electron chi connectivity index (χ3n) is 3.42. The number of nitrogens with zero attached hydrogens (tertiary/aromatic N) is 1. The van der Waals surface area contributed by atoms with Crippen LogP contribution in [-0.2, 0) is 14.8 Å². The summed E-state index contributed by atoms with van der Waals surface area (Å²) >= 11 is 0. The molecule has 1 aromatic carbocycles. The van der Waals surface area contributed by atoms with E-state index in [0.717, 1.165) is 0 Å². The largest absolute Gasteiger partial charge is 0.389 e. The maximum absolute atomic E-state index is 12.5. The van der Waals surface area contributed by atoms with E-state index in [9.17, 15) is 13.5 Å². The Balaban J connectivity index is 2.27. The number of hydrogen-bond acceptors (Lipinski definition) is 4. The lowest BCUT2D eigenvalue weighted by atomic mass is 10.1. The molecule has 1 aliphatic heterocycles. The van der Waals surface area contributed by atoms with Gasteiger partial charge in [0, 0.05) is 20.2 Å². The fourth-order valence-electron chi connectivity index (χ4n) is 2.19.